The average Bonchev–Trinajstić information content (AvgIpc) is 2.54. The number of benzene rings is 1. The molecule has 1 fully saturated rings. The van der Waals surface area contributed by atoms with Crippen LogP contribution in [0.15, 0.2) is 30.3 Å². The molecule has 1 heterocycles. The summed E-state index contributed by atoms with van der Waals surface area (Å²) in [5.74, 6) is -0.756. The molecule has 0 aliphatic carbocycles. The second kappa shape index (κ2) is 7.53. The van der Waals surface area contributed by atoms with Gasteiger partial charge < -0.3 is 35.0 Å². The molecule has 1 aliphatic heterocycles. The normalized spacial score (nSPS) is 31.2. The van der Waals surface area contributed by atoms with E-state index in [1.807, 2.05) is 0 Å². The van der Waals surface area contributed by atoms with Crippen LogP contribution in [-0.4, -0.2) is 68.8 Å². The lowest BCUT2D eigenvalue weighted by molar-refractivity contribution is -0.277. The van der Waals surface area contributed by atoms with Crippen molar-refractivity contribution >= 4 is 12.0 Å². The Labute approximate surface area is 131 Å². The van der Waals surface area contributed by atoms with Gasteiger partial charge in [0.2, 0.25) is 6.29 Å². The lowest BCUT2D eigenvalue weighted by Crippen LogP contribution is -2.60. The minimum Gasteiger partial charge on any atom is -0.478 e. The van der Waals surface area contributed by atoms with Crippen LogP contribution in [0.4, 0.5) is 0 Å². The Morgan fingerprint density at radius 2 is 1.78 bits per heavy atom. The molecule has 8 heteroatoms. The van der Waals surface area contributed by atoms with Gasteiger partial charge in [-0.25, -0.2) is 4.79 Å². The minimum atomic E-state index is -1.51. The van der Waals surface area contributed by atoms with Gasteiger partial charge in [-0.15, -0.1) is 0 Å². The maximum absolute atomic E-state index is 10.4. The Kier molecular flexibility index (Phi) is 5.69. The van der Waals surface area contributed by atoms with E-state index >= 15 is 0 Å². The third kappa shape index (κ3) is 4.27. The van der Waals surface area contributed by atoms with Crippen LogP contribution in [-0.2, 0) is 9.53 Å². The number of carboxylic acids is 1. The number of hydrogen-bond acceptors (Lipinski definition) is 7. The summed E-state index contributed by atoms with van der Waals surface area (Å²) >= 11 is 0. The van der Waals surface area contributed by atoms with Crippen molar-refractivity contribution in [2.45, 2.75) is 30.7 Å². The highest BCUT2D eigenvalue weighted by molar-refractivity contribution is 5.85. The lowest BCUT2D eigenvalue weighted by Gasteiger charge is -2.39. The van der Waals surface area contributed by atoms with Gasteiger partial charge in [-0.05, 0) is 23.8 Å². The van der Waals surface area contributed by atoms with Crippen molar-refractivity contribution in [2.75, 3.05) is 6.61 Å². The molecule has 0 saturated carbocycles. The Bertz CT molecular complexity index is 553. The van der Waals surface area contributed by atoms with Gasteiger partial charge >= 0.3 is 5.97 Å². The van der Waals surface area contributed by atoms with Crippen LogP contribution in [0.25, 0.3) is 6.08 Å². The van der Waals surface area contributed by atoms with Crippen LogP contribution in [0.5, 0.6) is 5.75 Å². The second-order valence-corrected chi connectivity index (χ2v) is 5.06. The number of aliphatic hydroxyl groups excluding tert-OH is 4. The number of carboxylic acid groups (broad SMARTS) is 1. The van der Waals surface area contributed by atoms with Crippen LogP contribution < -0.4 is 4.74 Å². The lowest BCUT2D eigenvalue weighted by atomic mass is 9.99. The van der Waals surface area contributed by atoms with Gasteiger partial charge in [-0.1, -0.05) is 12.1 Å². The Morgan fingerprint density at radius 3 is 2.35 bits per heavy atom. The topological polar surface area (TPSA) is 137 Å². The Hall–Kier alpha value is -1.97. The summed E-state index contributed by atoms with van der Waals surface area (Å²) in [6.45, 7) is -0.538. The quantitative estimate of drug-likeness (QED) is 0.433. The Morgan fingerprint density at radius 1 is 1.13 bits per heavy atom. The molecule has 5 atom stereocenters. The van der Waals surface area contributed by atoms with Gasteiger partial charge in [0.1, 0.15) is 30.2 Å². The molecule has 0 unspecified atom stereocenters. The molecule has 1 aliphatic rings. The second-order valence-electron chi connectivity index (χ2n) is 5.06. The fraction of sp³-hybridized carbons (Fsp3) is 0.400. The maximum Gasteiger partial charge on any atom is 0.328 e. The van der Waals surface area contributed by atoms with Gasteiger partial charge in [-0.3, -0.25) is 0 Å². The summed E-state index contributed by atoms with van der Waals surface area (Å²) in [6.07, 6.45) is -4.35. The molecule has 5 N–H and O–H groups in total. The zero-order valence-corrected chi connectivity index (χ0v) is 12.0. The average molecular weight is 326 g/mol. The first kappa shape index (κ1) is 17.4. The van der Waals surface area contributed by atoms with Crippen LogP contribution in [0, 0.1) is 0 Å². The van der Waals surface area contributed by atoms with Gasteiger partial charge in [0.05, 0.1) is 6.61 Å². The molecular formula is C15H18O8. The molecule has 8 nitrogen and oxygen atoms in total. The van der Waals surface area contributed by atoms with E-state index in [9.17, 15) is 20.1 Å². The molecule has 126 valence electrons. The van der Waals surface area contributed by atoms with Crippen LogP contribution >= 0.6 is 0 Å². The summed E-state index contributed by atoms with van der Waals surface area (Å²) < 4.78 is 10.6. The largest absolute Gasteiger partial charge is 0.478 e. The summed E-state index contributed by atoms with van der Waals surface area (Å²) in [4.78, 5) is 10.4. The molecule has 0 bridgehead atoms. The van der Waals surface area contributed by atoms with Crippen LogP contribution in [0.1, 0.15) is 5.56 Å². The fourth-order valence-electron chi connectivity index (χ4n) is 2.12. The van der Waals surface area contributed by atoms with E-state index in [-0.39, 0.29) is 0 Å². The van der Waals surface area contributed by atoms with Crippen molar-refractivity contribution in [3.63, 3.8) is 0 Å². The first-order valence-electron chi connectivity index (χ1n) is 6.90. The van der Waals surface area contributed by atoms with Gasteiger partial charge in [-0.2, -0.15) is 0 Å². The molecule has 2 rings (SSSR count). The van der Waals surface area contributed by atoms with E-state index in [2.05, 4.69) is 0 Å². The van der Waals surface area contributed by atoms with Gasteiger partial charge in [0.15, 0.2) is 0 Å². The van der Waals surface area contributed by atoms with Crippen molar-refractivity contribution in [1.82, 2.24) is 0 Å². The zero-order chi connectivity index (χ0) is 17.0. The first-order chi connectivity index (χ1) is 10.9. The number of ether oxygens (including phenoxy) is 2. The smallest absolute Gasteiger partial charge is 0.328 e. The van der Waals surface area contributed by atoms with Gasteiger partial charge in [0.25, 0.3) is 0 Å². The molecule has 1 saturated heterocycles. The van der Waals surface area contributed by atoms with Gasteiger partial charge in [0, 0.05) is 6.08 Å². The summed E-state index contributed by atoms with van der Waals surface area (Å²) in [6, 6.07) is 6.25. The molecule has 1 aromatic rings. The van der Waals surface area contributed by atoms with Crippen LogP contribution in [0.3, 0.4) is 0 Å². The van der Waals surface area contributed by atoms with E-state index in [1.165, 1.54) is 18.2 Å². The van der Waals surface area contributed by atoms with Crippen molar-refractivity contribution < 1.29 is 39.8 Å². The van der Waals surface area contributed by atoms with E-state index in [0.29, 0.717) is 11.3 Å². The number of hydrogen-bond donors (Lipinski definition) is 5. The third-order valence-corrected chi connectivity index (χ3v) is 3.40. The number of aliphatic carboxylic acids is 1. The highest BCUT2D eigenvalue weighted by Gasteiger charge is 2.44. The molecule has 0 spiro atoms. The van der Waals surface area contributed by atoms with Crippen molar-refractivity contribution in [3.05, 3.63) is 35.9 Å². The van der Waals surface area contributed by atoms with E-state index in [1.54, 1.807) is 12.1 Å². The Balaban J connectivity index is 2.04. The monoisotopic (exact) mass is 326 g/mol. The molecule has 0 amide bonds. The van der Waals surface area contributed by atoms with E-state index in [0.717, 1.165) is 6.08 Å². The fourth-order valence-corrected chi connectivity index (χ4v) is 2.12. The molecule has 0 radical (unpaired) electrons. The first-order valence-corrected chi connectivity index (χ1v) is 6.90. The molecule has 23 heavy (non-hydrogen) atoms. The number of rotatable bonds is 5. The standard InChI is InChI=1S/C15H18O8/c16-7-10-12(19)13(20)14(21)15(23-10)22-9-4-1-8(2-5-9)3-6-11(17)18/h1-6,10,12-16,19-21H,7H2,(H,17,18)/b6-3-/t10-,12-,13+,14-,15-/m1/s1. The minimum absolute atomic E-state index is 0.307. The maximum atomic E-state index is 10.4. The SMILES string of the molecule is O=C(O)/C=C\c1ccc(O[C@@H]2O[C@H](CO)[C@@H](O)[C@H](O)[C@H]2O)cc1. The van der Waals surface area contributed by atoms with E-state index < -0.39 is 43.3 Å². The zero-order valence-electron chi connectivity index (χ0n) is 12.0. The highest BCUT2D eigenvalue weighted by atomic mass is 16.7. The third-order valence-electron chi connectivity index (χ3n) is 3.40. The van der Waals surface area contributed by atoms with Crippen molar-refractivity contribution in [3.8, 4) is 5.75 Å². The summed E-state index contributed by atoms with van der Waals surface area (Å²) in [5.41, 5.74) is 0.633. The van der Waals surface area contributed by atoms with Crippen molar-refractivity contribution in [1.29, 1.82) is 0 Å². The number of carbonyl (C=O) groups is 1. The molecular weight excluding hydrogens is 308 g/mol. The predicted octanol–water partition coefficient (Wildman–Crippen LogP) is -1.04. The molecule has 1 aromatic carbocycles. The number of aliphatic hydroxyl groups is 4. The highest BCUT2D eigenvalue weighted by Crippen LogP contribution is 2.24. The molecule has 0 aromatic heterocycles. The predicted molar refractivity (Wildman–Crippen MR) is 77.5 cm³/mol. The van der Waals surface area contributed by atoms with Crippen molar-refractivity contribution in [2.24, 2.45) is 0 Å². The van der Waals surface area contributed by atoms with Crippen LogP contribution in [0.2, 0.25) is 0 Å². The summed E-state index contributed by atoms with van der Waals surface area (Å²) in [7, 11) is 0. The summed E-state index contributed by atoms with van der Waals surface area (Å²) in [5, 5.41) is 46.9. The van der Waals surface area contributed by atoms with E-state index in [4.69, 9.17) is 19.7 Å².